The molecule has 0 unspecified atom stereocenters. The van der Waals surface area contributed by atoms with Crippen LogP contribution in [0.4, 0.5) is 11.4 Å². The van der Waals surface area contributed by atoms with Gasteiger partial charge in [0.2, 0.25) is 0 Å². The smallest absolute Gasteiger partial charge is 0.273 e. The third-order valence-electron chi connectivity index (χ3n) is 3.39. The summed E-state index contributed by atoms with van der Waals surface area (Å²) in [6.07, 6.45) is 2.08. The van der Waals surface area contributed by atoms with Crippen molar-refractivity contribution in [3.05, 3.63) is 63.7 Å². The molecular formula is C17H18N4O3S. The molecule has 0 bridgehead atoms. The molecule has 7 nitrogen and oxygen atoms in total. The van der Waals surface area contributed by atoms with Crippen molar-refractivity contribution in [1.29, 1.82) is 0 Å². The summed E-state index contributed by atoms with van der Waals surface area (Å²) in [5.74, 6) is 0.708. The molecule has 0 amide bonds. The van der Waals surface area contributed by atoms with E-state index >= 15 is 0 Å². The molecule has 0 aromatic heterocycles. The van der Waals surface area contributed by atoms with Crippen LogP contribution < -0.4 is 15.5 Å². The normalized spacial score (nSPS) is 10.5. The second-order valence-corrected chi connectivity index (χ2v) is 5.46. The predicted octanol–water partition coefficient (Wildman–Crippen LogP) is 3.49. The second kappa shape index (κ2) is 8.74. The van der Waals surface area contributed by atoms with E-state index in [1.807, 2.05) is 25.1 Å². The Morgan fingerprint density at radius 2 is 2.16 bits per heavy atom. The number of thiocarbonyl (C=S) groups is 1. The highest BCUT2D eigenvalue weighted by atomic mass is 32.1. The van der Waals surface area contributed by atoms with Crippen LogP contribution in [0.5, 0.6) is 5.75 Å². The molecular weight excluding hydrogens is 340 g/mol. The maximum absolute atomic E-state index is 11.1. The third-order valence-corrected chi connectivity index (χ3v) is 3.59. The van der Waals surface area contributed by atoms with Crippen LogP contribution in [0, 0.1) is 10.1 Å². The van der Waals surface area contributed by atoms with Gasteiger partial charge in [0.1, 0.15) is 5.75 Å². The number of hydrogen-bond donors (Lipinski definition) is 2. The highest BCUT2D eigenvalue weighted by Crippen LogP contribution is 2.20. The van der Waals surface area contributed by atoms with Crippen LogP contribution in [-0.4, -0.2) is 23.4 Å². The van der Waals surface area contributed by atoms with Crippen LogP contribution in [-0.2, 0) is 6.42 Å². The van der Waals surface area contributed by atoms with Gasteiger partial charge in [-0.2, -0.15) is 5.10 Å². The molecule has 0 aliphatic rings. The fourth-order valence-corrected chi connectivity index (χ4v) is 2.33. The second-order valence-electron chi connectivity index (χ2n) is 5.05. The largest absolute Gasteiger partial charge is 0.497 e. The van der Waals surface area contributed by atoms with Gasteiger partial charge in [-0.05, 0) is 30.8 Å². The van der Waals surface area contributed by atoms with Crippen molar-refractivity contribution in [3.8, 4) is 5.75 Å². The Labute approximate surface area is 150 Å². The maximum atomic E-state index is 11.1. The first-order valence-electron chi connectivity index (χ1n) is 7.55. The van der Waals surface area contributed by atoms with E-state index < -0.39 is 4.92 Å². The van der Waals surface area contributed by atoms with E-state index in [1.54, 1.807) is 25.3 Å². The van der Waals surface area contributed by atoms with Gasteiger partial charge in [-0.15, -0.1) is 0 Å². The number of hydrazone groups is 1. The number of rotatable bonds is 6. The highest BCUT2D eigenvalue weighted by molar-refractivity contribution is 7.80. The zero-order chi connectivity index (χ0) is 18.2. The molecule has 130 valence electrons. The monoisotopic (exact) mass is 358 g/mol. The summed E-state index contributed by atoms with van der Waals surface area (Å²) >= 11 is 5.15. The minimum atomic E-state index is -0.390. The molecule has 2 aromatic carbocycles. The molecule has 0 heterocycles. The summed E-state index contributed by atoms with van der Waals surface area (Å²) in [6, 6.07) is 12.3. The average molecular weight is 358 g/mol. The average Bonchev–Trinajstić information content (AvgIpc) is 2.61. The van der Waals surface area contributed by atoms with Crippen molar-refractivity contribution in [2.75, 3.05) is 12.4 Å². The van der Waals surface area contributed by atoms with Crippen LogP contribution in [0.2, 0.25) is 0 Å². The first-order valence-corrected chi connectivity index (χ1v) is 7.95. The van der Waals surface area contributed by atoms with E-state index in [9.17, 15) is 10.1 Å². The summed E-state index contributed by atoms with van der Waals surface area (Å²) in [7, 11) is 1.59. The number of ether oxygens (including phenoxy) is 1. The lowest BCUT2D eigenvalue weighted by Crippen LogP contribution is -2.23. The molecule has 8 heteroatoms. The molecule has 2 aromatic rings. The van der Waals surface area contributed by atoms with Crippen LogP contribution in [0.25, 0.3) is 0 Å². The number of nitrogens with zero attached hydrogens (tertiary/aromatic N) is 2. The van der Waals surface area contributed by atoms with E-state index in [0.29, 0.717) is 28.4 Å². The summed E-state index contributed by atoms with van der Waals surface area (Å²) in [5, 5.41) is 18.3. The lowest BCUT2D eigenvalue weighted by Gasteiger charge is -2.08. The minimum absolute atomic E-state index is 0.0866. The number of anilines is 1. The van der Waals surface area contributed by atoms with Crippen molar-refractivity contribution < 1.29 is 9.66 Å². The Kier molecular flexibility index (Phi) is 6.41. The molecule has 0 fully saturated rings. The van der Waals surface area contributed by atoms with Gasteiger partial charge in [-0.25, -0.2) is 0 Å². The lowest BCUT2D eigenvalue weighted by atomic mass is 10.1. The van der Waals surface area contributed by atoms with Crippen molar-refractivity contribution in [1.82, 2.24) is 5.43 Å². The first kappa shape index (κ1) is 18.3. The summed E-state index contributed by atoms with van der Waals surface area (Å²) < 4.78 is 5.14. The minimum Gasteiger partial charge on any atom is -0.497 e. The summed E-state index contributed by atoms with van der Waals surface area (Å²) in [4.78, 5) is 10.7. The first-order chi connectivity index (χ1) is 12.0. The maximum Gasteiger partial charge on any atom is 0.273 e. The van der Waals surface area contributed by atoms with Gasteiger partial charge in [-0.1, -0.05) is 25.1 Å². The summed E-state index contributed by atoms with van der Waals surface area (Å²) in [5.41, 5.74) is 4.82. The van der Waals surface area contributed by atoms with E-state index in [-0.39, 0.29) is 5.69 Å². The van der Waals surface area contributed by atoms with Gasteiger partial charge in [-0.3, -0.25) is 15.5 Å². The zero-order valence-electron chi connectivity index (χ0n) is 13.9. The number of hydrogen-bond acceptors (Lipinski definition) is 5. The molecule has 2 N–H and O–H groups in total. The Bertz CT molecular complexity index is 808. The van der Waals surface area contributed by atoms with Gasteiger partial charge in [0.25, 0.3) is 5.69 Å². The molecule has 25 heavy (non-hydrogen) atoms. The number of benzene rings is 2. The number of aryl methyl sites for hydroxylation is 1. The number of nitrogens with one attached hydrogen (secondary N) is 2. The zero-order valence-corrected chi connectivity index (χ0v) is 14.7. The summed E-state index contributed by atoms with van der Waals surface area (Å²) in [6.45, 7) is 1.88. The predicted molar refractivity (Wildman–Crippen MR) is 102 cm³/mol. The Hall–Kier alpha value is -3.00. The Balaban J connectivity index is 1.99. The number of nitro benzene ring substituents is 1. The molecule has 0 atom stereocenters. The van der Waals surface area contributed by atoms with Crippen LogP contribution >= 0.6 is 12.2 Å². The molecule has 0 saturated carbocycles. The quantitative estimate of drug-likeness (QED) is 0.356. The molecule has 2 rings (SSSR count). The van der Waals surface area contributed by atoms with Crippen LogP contribution in [0.1, 0.15) is 18.1 Å². The Morgan fingerprint density at radius 3 is 2.84 bits per heavy atom. The molecule has 0 aliphatic heterocycles. The van der Waals surface area contributed by atoms with Crippen molar-refractivity contribution in [2.45, 2.75) is 13.3 Å². The van der Waals surface area contributed by atoms with Crippen molar-refractivity contribution >= 4 is 34.9 Å². The Morgan fingerprint density at radius 1 is 1.36 bits per heavy atom. The SMILES string of the molecule is CCc1ccc(/C=N\NC(=S)Nc2cccc(OC)c2)cc1[N+](=O)[O-]. The highest BCUT2D eigenvalue weighted by Gasteiger charge is 2.12. The van der Waals surface area contributed by atoms with Gasteiger partial charge >= 0.3 is 0 Å². The van der Waals surface area contributed by atoms with Crippen LogP contribution in [0.15, 0.2) is 47.6 Å². The van der Waals surface area contributed by atoms with E-state index in [4.69, 9.17) is 17.0 Å². The van der Waals surface area contributed by atoms with Crippen molar-refractivity contribution in [3.63, 3.8) is 0 Å². The fraction of sp³-hybridized carbons (Fsp3) is 0.176. The molecule has 0 radical (unpaired) electrons. The van der Waals surface area contributed by atoms with Crippen LogP contribution in [0.3, 0.4) is 0 Å². The molecule has 0 saturated heterocycles. The molecule has 0 aliphatic carbocycles. The van der Waals surface area contributed by atoms with E-state index in [0.717, 1.165) is 5.69 Å². The van der Waals surface area contributed by atoms with E-state index in [1.165, 1.54) is 12.3 Å². The lowest BCUT2D eigenvalue weighted by molar-refractivity contribution is -0.385. The standard InChI is InChI=1S/C17H18N4O3S/c1-3-13-8-7-12(9-16(13)21(22)23)11-18-20-17(25)19-14-5-4-6-15(10-14)24-2/h4-11H,3H2,1-2H3,(H2,19,20,25)/b18-11-. The van der Waals surface area contributed by atoms with Gasteiger partial charge in [0, 0.05) is 28.9 Å². The third kappa shape index (κ3) is 5.25. The molecule has 0 spiro atoms. The van der Waals surface area contributed by atoms with Gasteiger partial charge < -0.3 is 10.1 Å². The number of nitro groups is 1. The van der Waals surface area contributed by atoms with E-state index in [2.05, 4.69) is 15.8 Å². The van der Waals surface area contributed by atoms with Gasteiger partial charge in [0.05, 0.1) is 18.2 Å². The van der Waals surface area contributed by atoms with Gasteiger partial charge in [0.15, 0.2) is 5.11 Å². The topological polar surface area (TPSA) is 88.8 Å². The fourth-order valence-electron chi connectivity index (χ4n) is 2.16. The number of methoxy groups -OCH3 is 1. The van der Waals surface area contributed by atoms with Crippen molar-refractivity contribution in [2.24, 2.45) is 5.10 Å².